The van der Waals surface area contributed by atoms with Crippen LogP contribution in [0.25, 0.3) is 11.0 Å². The molecule has 1 aliphatic heterocycles. The van der Waals surface area contributed by atoms with Gasteiger partial charge in [-0.3, -0.25) is 19.4 Å². The van der Waals surface area contributed by atoms with Crippen LogP contribution in [0.3, 0.4) is 0 Å². The van der Waals surface area contributed by atoms with Gasteiger partial charge in [-0.05, 0) is 47.0 Å². The van der Waals surface area contributed by atoms with Gasteiger partial charge in [0.2, 0.25) is 5.95 Å². The number of rotatable bonds is 15. The second-order valence-electron chi connectivity index (χ2n) is 11.3. The SMILES string of the molecule is CC=Nc1nc2c(c(C#CC(COC(C)=O)COC(C)=O)nn2[C@H]2C[C@@H](OP(OCCC#N)N(C(C)C)C(C)C)[C@@H](CC)O2)c(=O)[nH]1. The van der Waals surface area contributed by atoms with Gasteiger partial charge < -0.3 is 23.3 Å². The van der Waals surface area contributed by atoms with E-state index < -0.39 is 38.2 Å². The lowest BCUT2D eigenvalue weighted by atomic mass is 10.1. The quantitative estimate of drug-likeness (QED) is 0.0932. The number of fused-ring (bicyclic) bond motifs is 1. The molecular formula is C31H44N7O8P. The molecule has 3 heterocycles. The molecule has 0 amide bonds. The fraction of sp³-hybridized carbons (Fsp3) is 0.645. The van der Waals surface area contributed by atoms with E-state index in [1.165, 1.54) is 24.7 Å². The predicted molar refractivity (Wildman–Crippen MR) is 175 cm³/mol. The van der Waals surface area contributed by atoms with Crippen molar-refractivity contribution in [3.63, 3.8) is 0 Å². The molecule has 1 unspecified atom stereocenters. The number of nitrogens with one attached hydrogen (secondary N) is 1. The van der Waals surface area contributed by atoms with Gasteiger partial charge in [0.25, 0.3) is 14.1 Å². The van der Waals surface area contributed by atoms with Gasteiger partial charge in [-0.15, -0.1) is 0 Å². The molecule has 256 valence electrons. The summed E-state index contributed by atoms with van der Waals surface area (Å²) in [7, 11) is -1.53. The highest BCUT2D eigenvalue weighted by Crippen LogP contribution is 2.50. The van der Waals surface area contributed by atoms with E-state index >= 15 is 0 Å². The lowest BCUT2D eigenvalue weighted by Gasteiger charge is -2.37. The monoisotopic (exact) mass is 673 g/mol. The standard InChI is InChI=1S/C31H44N7O8P/c1-9-25-26(46-47(44-15-11-14-32)38(19(3)4)20(5)6)16-27(45-25)37-29-28(30(41)35-31(34-29)33-10-2)24(36-37)13-12-23(17-42-21(7)39)18-43-22(8)40/h10,19-20,23,25-27H,9,11,15-18H2,1-8H3,(H,34,35,41)/t25-,26-,27-,47?/m1/s1. The van der Waals surface area contributed by atoms with Gasteiger partial charge >= 0.3 is 11.9 Å². The molecule has 16 heteroatoms. The number of ether oxygens (including phenoxy) is 3. The lowest BCUT2D eigenvalue weighted by Crippen LogP contribution is -2.35. The van der Waals surface area contributed by atoms with Gasteiger partial charge in [0, 0.05) is 38.6 Å². The van der Waals surface area contributed by atoms with Crippen LogP contribution >= 0.6 is 8.53 Å². The van der Waals surface area contributed by atoms with Crippen LogP contribution in [0.2, 0.25) is 0 Å². The summed E-state index contributed by atoms with van der Waals surface area (Å²) in [4.78, 5) is 47.5. The number of aliphatic imine (C=N–C) groups is 1. The number of carbonyl (C=O) groups is 2. The number of esters is 2. The third-order valence-electron chi connectivity index (χ3n) is 6.91. The van der Waals surface area contributed by atoms with Crippen molar-refractivity contribution in [2.75, 3.05) is 19.8 Å². The predicted octanol–water partition coefficient (Wildman–Crippen LogP) is 4.29. The van der Waals surface area contributed by atoms with Gasteiger partial charge in [-0.2, -0.15) is 15.3 Å². The number of aromatic nitrogens is 4. The Morgan fingerprint density at radius 2 is 1.87 bits per heavy atom. The molecule has 0 radical (unpaired) electrons. The molecular weight excluding hydrogens is 629 g/mol. The molecule has 0 saturated carbocycles. The van der Waals surface area contributed by atoms with Gasteiger partial charge in [-0.25, -0.2) is 14.3 Å². The van der Waals surface area contributed by atoms with E-state index in [0.717, 1.165) is 0 Å². The van der Waals surface area contributed by atoms with Gasteiger partial charge in [0.05, 0.1) is 37.2 Å². The van der Waals surface area contributed by atoms with E-state index in [4.69, 9.17) is 28.5 Å². The minimum atomic E-state index is -1.53. The van der Waals surface area contributed by atoms with Crippen molar-refractivity contribution in [2.24, 2.45) is 10.9 Å². The summed E-state index contributed by atoms with van der Waals surface area (Å²) in [6, 6.07) is 2.36. The Labute approximate surface area is 275 Å². The number of nitriles is 1. The minimum absolute atomic E-state index is 0.0880. The third-order valence-corrected chi connectivity index (χ3v) is 9.07. The summed E-state index contributed by atoms with van der Waals surface area (Å²) >= 11 is 0. The average Bonchev–Trinajstić information content (AvgIpc) is 3.57. The van der Waals surface area contributed by atoms with Crippen molar-refractivity contribution in [1.82, 2.24) is 24.4 Å². The summed E-state index contributed by atoms with van der Waals surface area (Å²) < 4.78 is 33.1. The van der Waals surface area contributed by atoms with Gasteiger partial charge in [0.15, 0.2) is 17.6 Å². The molecule has 1 N–H and O–H groups in total. The maximum atomic E-state index is 13.3. The number of hydrogen-bond acceptors (Lipinski definition) is 13. The fourth-order valence-electron chi connectivity index (χ4n) is 4.98. The highest BCUT2D eigenvalue weighted by Gasteiger charge is 2.41. The number of nitrogens with zero attached hydrogens (tertiary/aromatic N) is 6. The summed E-state index contributed by atoms with van der Waals surface area (Å²) in [6.45, 7) is 14.5. The first-order valence-corrected chi connectivity index (χ1v) is 16.7. The lowest BCUT2D eigenvalue weighted by molar-refractivity contribution is -0.144. The topological polar surface area (TPSA) is 183 Å². The molecule has 2 aromatic rings. The normalized spacial score (nSPS) is 18.7. The molecule has 2 aromatic heterocycles. The van der Waals surface area contributed by atoms with Crippen molar-refractivity contribution in [1.29, 1.82) is 5.26 Å². The van der Waals surface area contributed by atoms with E-state index in [0.29, 0.717) is 12.8 Å². The molecule has 0 aromatic carbocycles. The molecule has 1 aliphatic rings. The second-order valence-corrected chi connectivity index (χ2v) is 12.7. The van der Waals surface area contributed by atoms with Crippen molar-refractivity contribution in [3.05, 3.63) is 16.0 Å². The van der Waals surface area contributed by atoms with Crippen molar-refractivity contribution < 1.29 is 32.8 Å². The molecule has 1 saturated heterocycles. The maximum absolute atomic E-state index is 13.3. The summed E-state index contributed by atoms with van der Waals surface area (Å²) in [5.74, 6) is 4.23. The smallest absolute Gasteiger partial charge is 0.302 e. The fourth-order valence-corrected chi connectivity index (χ4v) is 6.73. The number of hydrogen-bond donors (Lipinski definition) is 1. The van der Waals surface area contributed by atoms with Crippen LogP contribution in [0.15, 0.2) is 9.79 Å². The van der Waals surface area contributed by atoms with Crippen molar-refractivity contribution in [2.45, 2.75) is 105 Å². The van der Waals surface area contributed by atoms with Crippen LogP contribution < -0.4 is 5.56 Å². The molecule has 4 atom stereocenters. The van der Waals surface area contributed by atoms with E-state index in [-0.39, 0.29) is 73.2 Å². The van der Waals surface area contributed by atoms with E-state index in [1.54, 1.807) is 6.92 Å². The first-order chi connectivity index (χ1) is 22.4. The Morgan fingerprint density at radius 3 is 2.43 bits per heavy atom. The first kappa shape index (κ1) is 37.7. The summed E-state index contributed by atoms with van der Waals surface area (Å²) in [6.07, 6.45) is 1.36. The highest BCUT2D eigenvalue weighted by atomic mass is 31.2. The Balaban J connectivity index is 2.04. The Kier molecular flexibility index (Phi) is 14.4. The second kappa shape index (κ2) is 18.0. The van der Waals surface area contributed by atoms with E-state index in [2.05, 4.69) is 70.3 Å². The Hall–Kier alpha value is -3.72. The third kappa shape index (κ3) is 10.4. The van der Waals surface area contributed by atoms with Crippen LogP contribution in [0.4, 0.5) is 5.95 Å². The van der Waals surface area contributed by atoms with E-state index in [1.807, 2.05) is 6.92 Å². The number of aromatic amines is 1. The Bertz CT molecular complexity index is 1550. The van der Waals surface area contributed by atoms with E-state index in [9.17, 15) is 14.4 Å². The van der Waals surface area contributed by atoms with Crippen LogP contribution in [-0.2, 0) is 32.8 Å². The molecule has 15 nitrogen and oxygen atoms in total. The number of H-pyrrole nitrogens is 1. The zero-order valence-corrected chi connectivity index (χ0v) is 29.1. The summed E-state index contributed by atoms with van der Waals surface area (Å²) in [5, 5.41) is 13.9. The zero-order valence-electron chi connectivity index (χ0n) is 28.2. The van der Waals surface area contributed by atoms with Crippen LogP contribution in [-0.4, -0.2) is 86.7 Å². The first-order valence-electron chi connectivity index (χ1n) is 15.6. The summed E-state index contributed by atoms with van der Waals surface area (Å²) in [5.41, 5.74) is -0.168. The molecule has 1 fully saturated rings. The molecule has 0 aliphatic carbocycles. The van der Waals surface area contributed by atoms with Gasteiger partial charge in [0.1, 0.15) is 18.6 Å². The maximum Gasteiger partial charge on any atom is 0.302 e. The van der Waals surface area contributed by atoms with Crippen LogP contribution in [0.1, 0.15) is 86.6 Å². The molecule has 47 heavy (non-hydrogen) atoms. The number of carbonyl (C=O) groups excluding carboxylic acids is 2. The van der Waals surface area contributed by atoms with Crippen LogP contribution in [0, 0.1) is 29.1 Å². The Morgan fingerprint density at radius 1 is 1.21 bits per heavy atom. The molecule has 0 spiro atoms. The van der Waals surface area contributed by atoms with Crippen molar-refractivity contribution in [3.8, 4) is 17.9 Å². The van der Waals surface area contributed by atoms with Crippen LogP contribution in [0.5, 0.6) is 0 Å². The molecule has 3 rings (SSSR count). The largest absolute Gasteiger partial charge is 0.464 e. The van der Waals surface area contributed by atoms with Crippen molar-refractivity contribution >= 4 is 43.7 Å². The average molecular weight is 674 g/mol. The minimum Gasteiger partial charge on any atom is -0.464 e. The molecule has 0 bridgehead atoms. The van der Waals surface area contributed by atoms with Gasteiger partial charge in [-0.1, -0.05) is 12.8 Å². The highest BCUT2D eigenvalue weighted by molar-refractivity contribution is 7.44. The zero-order chi connectivity index (χ0) is 34.7.